The zero-order chi connectivity index (χ0) is 14.6. The van der Waals surface area contributed by atoms with E-state index in [1.807, 2.05) is 0 Å². The monoisotopic (exact) mass is 418 g/mol. The van der Waals surface area contributed by atoms with Crippen molar-refractivity contribution >= 4 is 45.8 Å². The Morgan fingerprint density at radius 1 is 0.895 bits per heavy atom. The zero-order valence-electron chi connectivity index (χ0n) is 9.17. The number of phenolic OH excluding ortho intramolecular Hbond substituents is 2. The summed E-state index contributed by atoms with van der Waals surface area (Å²) in [5.74, 6) is -2.09. The van der Waals surface area contributed by atoms with Gasteiger partial charge in [-0.15, -0.1) is 0 Å². The molecule has 19 heavy (non-hydrogen) atoms. The predicted molar refractivity (Wildman–Crippen MR) is 78.9 cm³/mol. The van der Waals surface area contributed by atoms with Crippen molar-refractivity contribution in [3.8, 4) is 11.5 Å². The first kappa shape index (κ1) is 16.3. The minimum Gasteiger partial charge on any atom is -0.505 e. The third kappa shape index (κ3) is 5.00. The molecule has 0 radical (unpaired) electrons. The van der Waals surface area contributed by atoms with Crippen molar-refractivity contribution in [1.82, 2.24) is 0 Å². The average Bonchev–Trinajstić information content (AvgIpc) is 2.32. The van der Waals surface area contributed by atoms with Gasteiger partial charge in [-0.1, -0.05) is 23.2 Å². The van der Waals surface area contributed by atoms with Crippen LogP contribution >= 0.6 is 45.8 Å². The molecule has 2 nitrogen and oxygen atoms in total. The largest absolute Gasteiger partial charge is 0.505 e. The summed E-state index contributed by atoms with van der Waals surface area (Å²) in [5.41, 5.74) is 0. The lowest BCUT2D eigenvalue weighted by molar-refractivity contribution is 0.429. The fourth-order valence-electron chi connectivity index (χ4n) is 1.02. The SMILES string of the molecule is Oc1c(F)cc(Cl)cc1I.Oc1ccc(Cl)cc1F. The van der Waals surface area contributed by atoms with Gasteiger partial charge in [0, 0.05) is 10.0 Å². The van der Waals surface area contributed by atoms with E-state index in [4.69, 9.17) is 33.4 Å². The van der Waals surface area contributed by atoms with Crippen LogP contribution in [-0.2, 0) is 0 Å². The summed E-state index contributed by atoms with van der Waals surface area (Å²) in [6, 6.07) is 6.23. The van der Waals surface area contributed by atoms with E-state index >= 15 is 0 Å². The van der Waals surface area contributed by atoms with Gasteiger partial charge in [0.25, 0.3) is 0 Å². The molecule has 0 spiro atoms. The van der Waals surface area contributed by atoms with Crippen molar-refractivity contribution in [3.63, 3.8) is 0 Å². The third-order valence-corrected chi connectivity index (χ3v) is 3.17. The molecule has 2 aromatic rings. The highest BCUT2D eigenvalue weighted by molar-refractivity contribution is 14.1. The Balaban J connectivity index is 0.000000191. The maximum atomic E-state index is 12.5. The zero-order valence-corrected chi connectivity index (χ0v) is 12.8. The second kappa shape index (κ2) is 7.12. The van der Waals surface area contributed by atoms with Crippen LogP contribution in [0.25, 0.3) is 0 Å². The van der Waals surface area contributed by atoms with Gasteiger partial charge in [-0.2, -0.15) is 0 Å². The maximum absolute atomic E-state index is 12.5. The van der Waals surface area contributed by atoms with Crippen LogP contribution < -0.4 is 0 Å². The van der Waals surface area contributed by atoms with Crippen LogP contribution in [0.1, 0.15) is 0 Å². The molecule has 0 heterocycles. The molecule has 0 amide bonds. The van der Waals surface area contributed by atoms with E-state index in [0.717, 1.165) is 12.1 Å². The van der Waals surface area contributed by atoms with Crippen molar-refractivity contribution in [1.29, 1.82) is 0 Å². The fourth-order valence-corrected chi connectivity index (χ4v) is 2.16. The highest BCUT2D eigenvalue weighted by Gasteiger charge is 2.05. The summed E-state index contributed by atoms with van der Waals surface area (Å²) in [7, 11) is 0. The lowest BCUT2D eigenvalue weighted by Crippen LogP contribution is -1.79. The molecule has 0 aromatic heterocycles. The highest BCUT2D eigenvalue weighted by atomic mass is 127. The van der Waals surface area contributed by atoms with Gasteiger partial charge < -0.3 is 10.2 Å². The molecule has 0 aliphatic rings. The van der Waals surface area contributed by atoms with Gasteiger partial charge in [0.1, 0.15) is 0 Å². The molecule has 2 rings (SSSR count). The van der Waals surface area contributed by atoms with Gasteiger partial charge in [-0.05, 0) is 52.9 Å². The molecule has 0 bridgehead atoms. The molecule has 2 aromatic carbocycles. The molecule has 0 atom stereocenters. The van der Waals surface area contributed by atoms with Crippen molar-refractivity contribution < 1.29 is 19.0 Å². The van der Waals surface area contributed by atoms with Gasteiger partial charge in [-0.3, -0.25) is 0 Å². The molecule has 0 unspecified atom stereocenters. The number of benzene rings is 2. The van der Waals surface area contributed by atoms with Gasteiger partial charge in [-0.25, -0.2) is 8.78 Å². The Morgan fingerprint density at radius 2 is 1.47 bits per heavy atom. The Kier molecular flexibility index (Phi) is 6.09. The predicted octanol–water partition coefficient (Wildman–Crippen LogP) is 4.97. The van der Waals surface area contributed by atoms with Crippen LogP contribution in [0.5, 0.6) is 11.5 Å². The summed E-state index contributed by atoms with van der Waals surface area (Å²) in [4.78, 5) is 0. The van der Waals surface area contributed by atoms with Gasteiger partial charge >= 0.3 is 0 Å². The van der Waals surface area contributed by atoms with Gasteiger partial charge in [0.2, 0.25) is 0 Å². The van der Waals surface area contributed by atoms with Crippen LogP contribution in [-0.4, -0.2) is 10.2 Å². The first-order valence-corrected chi connectivity index (χ1v) is 6.62. The number of hydrogen-bond acceptors (Lipinski definition) is 2. The molecule has 0 saturated heterocycles. The molecule has 0 saturated carbocycles. The van der Waals surface area contributed by atoms with Gasteiger partial charge in [0.05, 0.1) is 3.57 Å². The van der Waals surface area contributed by atoms with Crippen LogP contribution in [0.2, 0.25) is 10.0 Å². The van der Waals surface area contributed by atoms with Gasteiger partial charge in [0.15, 0.2) is 23.1 Å². The quantitative estimate of drug-likeness (QED) is 0.592. The lowest BCUT2D eigenvalue weighted by atomic mass is 10.3. The van der Waals surface area contributed by atoms with Crippen molar-refractivity contribution in [3.05, 3.63) is 55.6 Å². The average molecular weight is 419 g/mol. The number of halogens is 5. The maximum Gasteiger partial charge on any atom is 0.167 e. The third-order valence-electron chi connectivity index (χ3n) is 1.89. The van der Waals surface area contributed by atoms with E-state index in [2.05, 4.69) is 0 Å². The van der Waals surface area contributed by atoms with E-state index in [0.29, 0.717) is 8.59 Å². The van der Waals surface area contributed by atoms with Crippen molar-refractivity contribution in [2.75, 3.05) is 0 Å². The fraction of sp³-hybridized carbons (Fsp3) is 0. The van der Waals surface area contributed by atoms with Crippen LogP contribution in [0.3, 0.4) is 0 Å². The Bertz CT molecular complexity index is 571. The van der Waals surface area contributed by atoms with Crippen LogP contribution in [0.4, 0.5) is 8.78 Å². The standard InChI is InChI=1S/C6H3ClFIO.C6H4ClFO/c7-3-1-4(8)6(10)5(9)2-3;7-4-1-2-6(9)5(8)3-4/h1-2,10H;1-3,9H. The minimum atomic E-state index is -0.692. The Hall–Kier alpha value is -0.790. The molecule has 2 N–H and O–H groups in total. The van der Waals surface area contributed by atoms with Crippen molar-refractivity contribution in [2.45, 2.75) is 0 Å². The van der Waals surface area contributed by atoms with E-state index in [1.54, 1.807) is 22.6 Å². The highest BCUT2D eigenvalue weighted by Crippen LogP contribution is 2.26. The number of rotatable bonds is 0. The van der Waals surface area contributed by atoms with Crippen LogP contribution in [0, 0.1) is 15.2 Å². The molecule has 102 valence electrons. The van der Waals surface area contributed by atoms with Crippen LogP contribution in [0.15, 0.2) is 30.3 Å². The molecular weight excluding hydrogens is 412 g/mol. The first-order valence-electron chi connectivity index (χ1n) is 4.78. The summed E-state index contributed by atoms with van der Waals surface area (Å²) >= 11 is 12.6. The minimum absolute atomic E-state index is 0.283. The molecule has 7 heteroatoms. The van der Waals surface area contributed by atoms with E-state index in [1.165, 1.54) is 18.2 Å². The van der Waals surface area contributed by atoms with Crippen molar-refractivity contribution in [2.24, 2.45) is 0 Å². The lowest BCUT2D eigenvalue weighted by Gasteiger charge is -1.97. The summed E-state index contributed by atoms with van der Waals surface area (Å²) in [6.45, 7) is 0. The smallest absolute Gasteiger partial charge is 0.167 e. The second-order valence-electron chi connectivity index (χ2n) is 3.31. The molecule has 0 aliphatic carbocycles. The molecule has 0 fully saturated rings. The van der Waals surface area contributed by atoms with E-state index < -0.39 is 11.6 Å². The second-order valence-corrected chi connectivity index (χ2v) is 5.35. The summed E-state index contributed by atoms with van der Waals surface area (Å²) in [6.07, 6.45) is 0. The summed E-state index contributed by atoms with van der Waals surface area (Å²) in [5, 5.41) is 18.1. The number of phenols is 2. The number of hydrogen-bond donors (Lipinski definition) is 2. The van der Waals surface area contributed by atoms with E-state index in [9.17, 15) is 8.78 Å². The Labute approximate surface area is 131 Å². The topological polar surface area (TPSA) is 40.5 Å². The number of aromatic hydroxyl groups is 2. The molecule has 0 aliphatic heterocycles. The summed E-state index contributed by atoms with van der Waals surface area (Å²) < 4.78 is 25.2. The first-order chi connectivity index (χ1) is 8.81. The Morgan fingerprint density at radius 3 is 1.95 bits per heavy atom. The molecular formula is C12H7Cl2F2IO2. The van der Waals surface area contributed by atoms with E-state index in [-0.39, 0.29) is 16.5 Å². The normalized spacial score (nSPS) is 9.74.